The minimum Gasteiger partial charge on any atom is -0.351 e. The van der Waals surface area contributed by atoms with Crippen LogP contribution in [0.5, 0.6) is 0 Å². The van der Waals surface area contributed by atoms with Crippen LogP contribution in [0.2, 0.25) is 0 Å². The normalized spacial score (nSPS) is 20.6. The van der Waals surface area contributed by atoms with Crippen molar-refractivity contribution in [1.29, 1.82) is 0 Å². The number of aromatic nitrogens is 4. The first-order valence-electron chi connectivity index (χ1n) is 6.09. The number of hydrogen-bond acceptors (Lipinski definition) is 5. The minimum absolute atomic E-state index is 0.241. The molecule has 0 aromatic carbocycles. The van der Waals surface area contributed by atoms with Gasteiger partial charge in [-0.15, -0.1) is 0 Å². The molecule has 3 rings (SSSR count). The second-order valence-electron chi connectivity index (χ2n) is 4.63. The molecule has 1 aliphatic heterocycles. The molecule has 1 unspecified atom stereocenters. The highest BCUT2D eigenvalue weighted by Gasteiger charge is 2.20. The molecule has 96 valence electrons. The van der Waals surface area contributed by atoms with E-state index in [2.05, 4.69) is 32.3 Å². The molecular formula is C11H16N6O. The molecule has 0 bridgehead atoms. The Bertz CT molecular complexity index is 630. The van der Waals surface area contributed by atoms with Crippen LogP contribution in [-0.2, 0) is 0 Å². The number of nitrogens with zero attached hydrogens (tertiary/aromatic N) is 4. The molecule has 0 saturated carbocycles. The molecule has 2 N–H and O–H groups in total. The Morgan fingerprint density at radius 3 is 3.11 bits per heavy atom. The van der Waals surface area contributed by atoms with Gasteiger partial charge in [-0.3, -0.25) is 0 Å². The van der Waals surface area contributed by atoms with E-state index in [1.807, 2.05) is 13.0 Å². The van der Waals surface area contributed by atoms with E-state index in [1.54, 1.807) is 0 Å². The van der Waals surface area contributed by atoms with E-state index < -0.39 is 0 Å². The van der Waals surface area contributed by atoms with Crippen molar-refractivity contribution >= 4 is 11.5 Å². The molecule has 0 amide bonds. The lowest BCUT2D eigenvalue weighted by Crippen LogP contribution is -2.50. The average molecular weight is 248 g/mol. The van der Waals surface area contributed by atoms with Gasteiger partial charge in [-0.25, -0.2) is 19.3 Å². The Morgan fingerprint density at radius 2 is 2.33 bits per heavy atom. The number of hydrogen-bond donors (Lipinski definition) is 2. The van der Waals surface area contributed by atoms with E-state index in [0.29, 0.717) is 17.5 Å². The fourth-order valence-corrected chi connectivity index (χ4v) is 2.41. The van der Waals surface area contributed by atoms with E-state index in [4.69, 9.17) is 0 Å². The van der Waals surface area contributed by atoms with Crippen molar-refractivity contribution < 1.29 is 0 Å². The first kappa shape index (κ1) is 11.2. The summed E-state index contributed by atoms with van der Waals surface area (Å²) in [6, 6.07) is 2.24. The van der Waals surface area contributed by atoms with Crippen molar-refractivity contribution in [3.8, 4) is 0 Å². The van der Waals surface area contributed by atoms with Crippen LogP contribution in [0, 0.1) is 6.92 Å². The Hall–Kier alpha value is -1.89. The van der Waals surface area contributed by atoms with Crippen molar-refractivity contribution in [2.75, 3.05) is 24.5 Å². The van der Waals surface area contributed by atoms with E-state index >= 15 is 0 Å². The van der Waals surface area contributed by atoms with E-state index in [-0.39, 0.29) is 5.69 Å². The summed E-state index contributed by atoms with van der Waals surface area (Å²) in [5, 5.41) is 9.79. The zero-order chi connectivity index (χ0) is 12.7. The summed E-state index contributed by atoms with van der Waals surface area (Å²) in [5.41, 5.74) is 0.378. The summed E-state index contributed by atoms with van der Waals surface area (Å²) in [6.07, 6.45) is 0. The lowest BCUT2D eigenvalue weighted by molar-refractivity contribution is 0.496. The number of rotatable bonds is 1. The van der Waals surface area contributed by atoms with Crippen LogP contribution in [0.4, 0.5) is 5.82 Å². The Balaban J connectivity index is 2.09. The van der Waals surface area contributed by atoms with Gasteiger partial charge in [-0.05, 0) is 13.8 Å². The van der Waals surface area contributed by atoms with Crippen molar-refractivity contribution in [1.82, 2.24) is 24.9 Å². The average Bonchev–Trinajstić information content (AvgIpc) is 2.72. The molecule has 7 nitrogen and oxygen atoms in total. The SMILES string of the molecule is Cc1nc(N2CCNCC2C)cc2n[nH]c(=O)n12. The van der Waals surface area contributed by atoms with Gasteiger partial charge in [0.1, 0.15) is 11.6 Å². The first-order valence-corrected chi connectivity index (χ1v) is 6.09. The van der Waals surface area contributed by atoms with Gasteiger partial charge in [0.05, 0.1) is 0 Å². The van der Waals surface area contributed by atoms with Crippen LogP contribution >= 0.6 is 0 Å². The third-order valence-electron chi connectivity index (χ3n) is 3.35. The third-order valence-corrected chi connectivity index (χ3v) is 3.35. The van der Waals surface area contributed by atoms with Gasteiger partial charge >= 0.3 is 5.69 Å². The van der Waals surface area contributed by atoms with Crippen molar-refractivity contribution in [3.63, 3.8) is 0 Å². The quantitative estimate of drug-likeness (QED) is 0.713. The van der Waals surface area contributed by atoms with Crippen LogP contribution in [-0.4, -0.2) is 45.3 Å². The molecule has 1 fully saturated rings. The molecule has 2 aromatic heterocycles. The zero-order valence-corrected chi connectivity index (χ0v) is 10.5. The third kappa shape index (κ3) is 1.67. The summed E-state index contributed by atoms with van der Waals surface area (Å²) < 4.78 is 1.48. The van der Waals surface area contributed by atoms with Crippen LogP contribution in [0.25, 0.3) is 5.65 Å². The molecule has 0 aliphatic carbocycles. The molecule has 7 heteroatoms. The Labute approximate surface area is 104 Å². The molecule has 1 saturated heterocycles. The highest BCUT2D eigenvalue weighted by molar-refractivity contribution is 5.52. The van der Waals surface area contributed by atoms with Crippen molar-refractivity contribution in [2.24, 2.45) is 0 Å². The molecule has 0 radical (unpaired) electrons. The molecule has 0 spiro atoms. The van der Waals surface area contributed by atoms with Gasteiger partial charge in [0, 0.05) is 31.7 Å². The maximum absolute atomic E-state index is 11.5. The van der Waals surface area contributed by atoms with Gasteiger partial charge in [0.2, 0.25) is 0 Å². The van der Waals surface area contributed by atoms with Gasteiger partial charge in [0.25, 0.3) is 0 Å². The lowest BCUT2D eigenvalue weighted by atomic mass is 10.2. The highest BCUT2D eigenvalue weighted by Crippen LogP contribution is 2.17. The monoisotopic (exact) mass is 248 g/mol. The number of aryl methyl sites for hydroxylation is 1. The van der Waals surface area contributed by atoms with E-state index in [9.17, 15) is 4.79 Å². The van der Waals surface area contributed by atoms with Crippen LogP contribution in [0.1, 0.15) is 12.7 Å². The highest BCUT2D eigenvalue weighted by atomic mass is 16.1. The maximum atomic E-state index is 11.5. The number of fused-ring (bicyclic) bond motifs is 1. The number of H-pyrrole nitrogens is 1. The standard InChI is InChI=1S/C11H16N6O/c1-7-6-12-3-4-16(7)9-5-10-14-15-11(18)17(10)8(2)13-9/h5,7,12H,3-4,6H2,1-2H3,(H,15,18). The van der Waals surface area contributed by atoms with E-state index in [0.717, 1.165) is 25.5 Å². The lowest BCUT2D eigenvalue weighted by Gasteiger charge is -2.35. The predicted octanol–water partition coefficient (Wildman–Crippen LogP) is -0.476. The molecule has 3 heterocycles. The maximum Gasteiger partial charge on any atom is 0.349 e. The minimum atomic E-state index is -0.241. The van der Waals surface area contributed by atoms with Crippen LogP contribution < -0.4 is 15.9 Å². The summed E-state index contributed by atoms with van der Waals surface area (Å²) in [7, 11) is 0. The van der Waals surface area contributed by atoms with Gasteiger partial charge in [0.15, 0.2) is 5.65 Å². The molecule has 18 heavy (non-hydrogen) atoms. The Morgan fingerprint density at radius 1 is 1.50 bits per heavy atom. The smallest absolute Gasteiger partial charge is 0.349 e. The predicted molar refractivity (Wildman–Crippen MR) is 68.0 cm³/mol. The largest absolute Gasteiger partial charge is 0.351 e. The summed E-state index contributed by atoms with van der Waals surface area (Å²) in [6.45, 7) is 6.78. The van der Waals surface area contributed by atoms with Gasteiger partial charge in [-0.1, -0.05) is 0 Å². The number of piperazine rings is 1. The molecule has 2 aromatic rings. The van der Waals surface area contributed by atoms with Gasteiger partial charge < -0.3 is 10.2 Å². The van der Waals surface area contributed by atoms with Crippen molar-refractivity contribution in [3.05, 3.63) is 22.4 Å². The topological polar surface area (TPSA) is 78.3 Å². The van der Waals surface area contributed by atoms with Gasteiger partial charge in [-0.2, -0.15) is 5.10 Å². The van der Waals surface area contributed by atoms with Crippen molar-refractivity contribution in [2.45, 2.75) is 19.9 Å². The number of nitrogens with one attached hydrogen (secondary N) is 2. The number of anilines is 1. The fraction of sp³-hybridized carbons (Fsp3) is 0.545. The zero-order valence-electron chi connectivity index (χ0n) is 10.5. The summed E-state index contributed by atoms with van der Waals surface area (Å²) in [4.78, 5) is 18.3. The van der Waals surface area contributed by atoms with E-state index in [1.165, 1.54) is 4.40 Å². The van der Waals surface area contributed by atoms with Crippen LogP contribution in [0.3, 0.4) is 0 Å². The van der Waals surface area contributed by atoms with Crippen LogP contribution in [0.15, 0.2) is 10.9 Å². The number of aromatic amines is 1. The first-order chi connectivity index (χ1) is 8.66. The summed E-state index contributed by atoms with van der Waals surface area (Å²) in [5.74, 6) is 1.54. The molecule has 1 aliphatic rings. The fourth-order valence-electron chi connectivity index (χ4n) is 2.41. The second kappa shape index (κ2) is 4.09. The molecule has 1 atom stereocenters. The second-order valence-corrected chi connectivity index (χ2v) is 4.63. The Kier molecular flexibility index (Phi) is 2.55. The summed E-state index contributed by atoms with van der Waals surface area (Å²) >= 11 is 0. The molecular weight excluding hydrogens is 232 g/mol.